The number of ether oxygens (including phenoxy) is 2. The van der Waals surface area contributed by atoms with Crippen molar-refractivity contribution in [2.24, 2.45) is 0 Å². The Kier molecular flexibility index (Phi) is 5.62. The van der Waals surface area contributed by atoms with Crippen LogP contribution in [0.25, 0.3) is 0 Å². The molecule has 3 rings (SSSR count). The molecule has 0 aliphatic heterocycles. The molecule has 2 aliphatic carbocycles. The lowest BCUT2D eigenvalue weighted by molar-refractivity contribution is -0.143. The Bertz CT molecular complexity index is 564. The molecular weight excluding hydrogens is 356 g/mol. The van der Waals surface area contributed by atoms with Crippen molar-refractivity contribution in [2.45, 2.75) is 70.3 Å². The van der Waals surface area contributed by atoms with Crippen LogP contribution in [0.1, 0.15) is 68.9 Å². The van der Waals surface area contributed by atoms with E-state index in [1.165, 1.54) is 24.0 Å². The maximum atomic E-state index is 11.8. The van der Waals surface area contributed by atoms with Crippen molar-refractivity contribution in [3.63, 3.8) is 0 Å². The number of fused-ring (bicyclic) bond motifs is 1. The van der Waals surface area contributed by atoms with E-state index in [4.69, 9.17) is 9.47 Å². The Hall–Kier alpha value is -1.03. The topological polar surface area (TPSA) is 35.5 Å². The first-order chi connectivity index (χ1) is 11.2. The molecule has 0 aromatic heterocycles. The Morgan fingerprint density at radius 3 is 2.74 bits per heavy atom. The molecule has 1 aromatic rings. The lowest BCUT2D eigenvalue weighted by Gasteiger charge is -2.26. The summed E-state index contributed by atoms with van der Waals surface area (Å²) in [6, 6.07) is 4.36. The van der Waals surface area contributed by atoms with Gasteiger partial charge in [0.1, 0.15) is 5.75 Å². The monoisotopic (exact) mass is 380 g/mol. The number of carbonyl (C=O) groups excluding carboxylic acids is 1. The molecule has 0 heterocycles. The molecule has 0 N–H and O–H groups in total. The molecule has 1 aromatic carbocycles. The Balaban J connectivity index is 1.77. The lowest BCUT2D eigenvalue weighted by atomic mass is 9.81. The van der Waals surface area contributed by atoms with Crippen molar-refractivity contribution in [1.82, 2.24) is 0 Å². The van der Waals surface area contributed by atoms with Gasteiger partial charge in [-0.1, -0.05) is 0 Å². The number of esters is 1. The quantitative estimate of drug-likeness (QED) is 0.663. The average Bonchev–Trinajstić information content (AvgIpc) is 3.02. The fourth-order valence-corrected chi connectivity index (χ4v) is 4.27. The summed E-state index contributed by atoms with van der Waals surface area (Å²) >= 11 is 3.67. The summed E-state index contributed by atoms with van der Waals surface area (Å²) in [5, 5.41) is 0. The zero-order valence-electron chi connectivity index (χ0n) is 13.8. The highest BCUT2D eigenvalue weighted by Crippen LogP contribution is 2.40. The van der Waals surface area contributed by atoms with Crippen molar-refractivity contribution < 1.29 is 14.3 Å². The van der Waals surface area contributed by atoms with Gasteiger partial charge in [0.15, 0.2) is 0 Å². The second kappa shape index (κ2) is 7.69. The third-order valence-corrected chi connectivity index (χ3v) is 5.57. The molecule has 4 heteroatoms. The minimum absolute atomic E-state index is 0.0900. The first-order valence-corrected chi connectivity index (χ1v) is 9.61. The van der Waals surface area contributed by atoms with Gasteiger partial charge in [-0.25, -0.2) is 0 Å². The molecular formula is C19H25BrO3. The number of hydrogen-bond donors (Lipinski definition) is 0. The van der Waals surface area contributed by atoms with Crippen LogP contribution in [0.4, 0.5) is 0 Å². The van der Waals surface area contributed by atoms with Crippen molar-refractivity contribution >= 4 is 21.9 Å². The van der Waals surface area contributed by atoms with Gasteiger partial charge < -0.3 is 9.47 Å². The summed E-state index contributed by atoms with van der Waals surface area (Å²) in [5.41, 5.74) is 2.62. The van der Waals surface area contributed by atoms with Crippen molar-refractivity contribution in [1.29, 1.82) is 0 Å². The highest BCUT2D eigenvalue weighted by Gasteiger charge is 2.26. The van der Waals surface area contributed by atoms with E-state index in [0.717, 1.165) is 42.3 Å². The zero-order valence-corrected chi connectivity index (χ0v) is 15.4. The average molecular weight is 381 g/mol. The number of hydrogen-bond acceptors (Lipinski definition) is 3. The largest absolute Gasteiger partial charge is 0.489 e. The van der Waals surface area contributed by atoms with Gasteiger partial charge in [0.25, 0.3) is 0 Å². The second-order valence-corrected chi connectivity index (χ2v) is 7.46. The van der Waals surface area contributed by atoms with Crippen molar-refractivity contribution in [3.8, 4) is 5.75 Å². The van der Waals surface area contributed by atoms with E-state index in [0.29, 0.717) is 19.1 Å². The number of carbonyl (C=O) groups is 1. The molecule has 0 bridgehead atoms. The maximum Gasteiger partial charge on any atom is 0.306 e. The molecule has 23 heavy (non-hydrogen) atoms. The molecule has 1 atom stereocenters. The summed E-state index contributed by atoms with van der Waals surface area (Å²) in [6.45, 7) is 2.31. The van der Waals surface area contributed by atoms with Crippen molar-refractivity contribution in [3.05, 3.63) is 27.7 Å². The summed E-state index contributed by atoms with van der Waals surface area (Å²) in [7, 11) is 0. The zero-order chi connectivity index (χ0) is 16.2. The fraction of sp³-hybridized carbons (Fsp3) is 0.632. The first-order valence-electron chi connectivity index (χ1n) is 8.82. The van der Waals surface area contributed by atoms with Gasteiger partial charge in [-0.2, -0.15) is 0 Å². The van der Waals surface area contributed by atoms with Crippen molar-refractivity contribution in [2.75, 3.05) is 6.61 Å². The molecule has 1 unspecified atom stereocenters. The van der Waals surface area contributed by atoms with Crippen LogP contribution in [0.2, 0.25) is 0 Å². The number of benzene rings is 1. The van der Waals surface area contributed by atoms with E-state index in [1.807, 2.05) is 6.92 Å². The third-order valence-electron chi connectivity index (χ3n) is 4.95. The van der Waals surface area contributed by atoms with Gasteiger partial charge in [-0.05, 0) is 97.0 Å². The summed E-state index contributed by atoms with van der Waals surface area (Å²) in [6.07, 6.45) is 8.97. The molecule has 126 valence electrons. The highest BCUT2D eigenvalue weighted by molar-refractivity contribution is 9.10. The number of halogens is 1. The smallest absolute Gasteiger partial charge is 0.306 e. The SMILES string of the molecule is CCOC(=O)CC1CCCc2cc(OC3CCCC3)c(Br)cc21. The Labute approximate surface area is 146 Å². The van der Waals surface area contributed by atoms with Crippen LogP contribution >= 0.6 is 15.9 Å². The highest BCUT2D eigenvalue weighted by atomic mass is 79.9. The van der Waals surface area contributed by atoms with Gasteiger partial charge in [-0.3, -0.25) is 4.79 Å². The standard InChI is InChI=1S/C19H25BrO3/c1-2-22-19(21)11-14-7-5-6-13-10-18(17(20)12-16(13)14)23-15-8-3-4-9-15/h10,12,14-15H,2-9,11H2,1H3. The van der Waals surface area contributed by atoms with E-state index in [-0.39, 0.29) is 11.9 Å². The lowest BCUT2D eigenvalue weighted by Crippen LogP contribution is -2.17. The minimum Gasteiger partial charge on any atom is -0.489 e. The van der Waals surface area contributed by atoms with Crippen LogP contribution in [0, 0.1) is 0 Å². The summed E-state index contributed by atoms with van der Waals surface area (Å²) in [4.78, 5) is 11.8. The predicted octanol–water partition coefficient (Wildman–Crippen LogP) is 5.14. The normalized spacial score (nSPS) is 21.0. The van der Waals surface area contributed by atoms with Crippen LogP contribution in [0.15, 0.2) is 16.6 Å². The van der Waals surface area contributed by atoms with Gasteiger partial charge in [0.05, 0.1) is 23.6 Å². The van der Waals surface area contributed by atoms with E-state index >= 15 is 0 Å². The van der Waals surface area contributed by atoms with E-state index < -0.39 is 0 Å². The number of aryl methyl sites for hydroxylation is 1. The predicted molar refractivity (Wildman–Crippen MR) is 94.0 cm³/mol. The van der Waals surface area contributed by atoms with E-state index in [1.54, 1.807) is 0 Å². The van der Waals surface area contributed by atoms with Crippen LogP contribution in [-0.2, 0) is 16.0 Å². The minimum atomic E-state index is -0.0900. The summed E-state index contributed by atoms with van der Waals surface area (Å²) in [5.74, 6) is 1.15. The molecule has 0 amide bonds. The van der Waals surface area contributed by atoms with Gasteiger partial charge in [-0.15, -0.1) is 0 Å². The van der Waals surface area contributed by atoms with Gasteiger partial charge >= 0.3 is 5.97 Å². The van der Waals surface area contributed by atoms with Gasteiger partial charge in [0.2, 0.25) is 0 Å². The van der Waals surface area contributed by atoms with Crippen LogP contribution in [0.3, 0.4) is 0 Å². The molecule has 1 fully saturated rings. The number of rotatable bonds is 5. The van der Waals surface area contributed by atoms with E-state index in [2.05, 4.69) is 28.1 Å². The Morgan fingerprint density at radius 2 is 2.00 bits per heavy atom. The third kappa shape index (κ3) is 4.09. The van der Waals surface area contributed by atoms with E-state index in [9.17, 15) is 4.79 Å². The first kappa shape index (κ1) is 16.8. The van der Waals surface area contributed by atoms with Crippen LogP contribution in [-0.4, -0.2) is 18.7 Å². The molecule has 3 nitrogen and oxygen atoms in total. The molecule has 1 saturated carbocycles. The second-order valence-electron chi connectivity index (χ2n) is 6.60. The molecule has 0 radical (unpaired) electrons. The van der Waals surface area contributed by atoms with Crippen LogP contribution in [0.5, 0.6) is 5.75 Å². The fourth-order valence-electron chi connectivity index (χ4n) is 3.81. The van der Waals surface area contributed by atoms with Gasteiger partial charge in [0, 0.05) is 0 Å². The van der Waals surface area contributed by atoms with Crippen LogP contribution < -0.4 is 4.74 Å². The molecule has 0 saturated heterocycles. The molecule has 0 spiro atoms. The maximum absolute atomic E-state index is 11.8. The Morgan fingerprint density at radius 1 is 1.22 bits per heavy atom. The summed E-state index contributed by atoms with van der Waals surface area (Å²) < 4.78 is 12.3. The molecule has 2 aliphatic rings.